The molecule has 0 aliphatic heterocycles. The quantitative estimate of drug-likeness (QED) is 0.713. The lowest BCUT2D eigenvalue weighted by Gasteiger charge is -2.14. The number of rotatable bonds is 5. The van der Waals surface area contributed by atoms with Gasteiger partial charge in [0.15, 0.2) is 0 Å². The largest absolute Gasteiger partial charge is 0.351 e. The summed E-state index contributed by atoms with van der Waals surface area (Å²) in [5, 5.41) is 5.95. The van der Waals surface area contributed by atoms with E-state index in [1.807, 2.05) is 24.3 Å². The van der Waals surface area contributed by atoms with Crippen molar-refractivity contribution in [3.05, 3.63) is 29.8 Å². The molecule has 2 amide bonds. The fourth-order valence-corrected chi connectivity index (χ4v) is 1.51. The van der Waals surface area contributed by atoms with Crippen molar-refractivity contribution < 1.29 is 4.79 Å². The van der Waals surface area contributed by atoms with Crippen molar-refractivity contribution >= 4 is 11.7 Å². The van der Waals surface area contributed by atoms with E-state index in [0.717, 1.165) is 24.2 Å². The zero-order valence-electron chi connectivity index (χ0n) is 9.79. The first-order valence-corrected chi connectivity index (χ1v) is 5.53. The smallest absolute Gasteiger partial charge is 0.316 e. The van der Waals surface area contributed by atoms with Crippen LogP contribution in [0.2, 0.25) is 0 Å². The topological polar surface area (TPSA) is 67.2 Å². The molecule has 0 spiro atoms. The highest BCUT2D eigenvalue weighted by Gasteiger charge is 2.05. The van der Waals surface area contributed by atoms with Gasteiger partial charge in [-0.05, 0) is 37.6 Å². The van der Waals surface area contributed by atoms with Gasteiger partial charge in [0.1, 0.15) is 0 Å². The summed E-state index contributed by atoms with van der Waals surface area (Å²) < 4.78 is 0. The summed E-state index contributed by atoms with van der Waals surface area (Å²) in [5.41, 5.74) is 6.94. The maximum Gasteiger partial charge on any atom is 0.316 e. The van der Waals surface area contributed by atoms with Gasteiger partial charge in [0.05, 0.1) is 0 Å². The van der Waals surface area contributed by atoms with Gasteiger partial charge in [0.2, 0.25) is 0 Å². The van der Waals surface area contributed by atoms with E-state index in [4.69, 9.17) is 5.73 Å². The molecule has 0 saturated heterocycles. The van der Waals surface area contributed by atoms with Gasteiger partial charge in [-0.3, -0.25) is 0 Å². The van der Waals surface area contributed by atoms with Gasteiger partial charge in [-0.25, -0.2) is 4.79 Å². The van der Waals surface area contributed by atoms with Crippen LogP contribution >= 0.6 is 0 Å². The zero-order valence-corrected chi connectivity index (χ0v) is 9.79. The summed E-state index contributed by atoms with van der Waals surface area (Å²) in [4.78, 5) is 10.7. The summed E-state index contributed by atoms with van der Waals surface area (Å²) in [6, 6.07) is 7.42. The average molecular weight is 221 g/mol. The lowest BCUT2D eigenvalue weighted by atomic mass is 10.1. The fraction of sp³-hybridized carbons (Fsp3) is 0.417. The number of anilines is 1. The number of hydrogen-bond donors (Lipinski definition) is 3. The van der Waals surface area contributed by atoms with Crippen LogP contribution in [-0.4, -0.2) is 12.6 Å². The summed E-state index contributed by atoms with van der Waals surface area (Å²) in [6.07, 6.45) is 1.10. The number of nitrogens with two attached hydrogens (primary N) is 1. The molecule has 0 saturated carbocycles. The Morgan fingerprint density at radius 1 is 1.50 bits per heavy atom. The van der Waals surface area contributed by atoms with E-state index >= 15 is 0 Å². The highest BCUT2D eigenvalue weighted by molar-refractivity contribution is 5.87. The lowest BCUT2D eigenvalue weighted by Crippen LogP contribution is -2.21. The molecule has 88 valence electrons. The van der Waals surface area contributed by atoms with Gasteiger partial charge in [-0.1, -0.05) is 19.1 Å². The Morgan fingerprint density at radius 3 is 2.88 bits per heavy atom. The molecule has 16 heavy (non-hydrogen) atoms. The van der Waals surface area contributed by atoms with Crippen molar-refractivity contribution in [2.75, 3.05) is 11.9 Å². The maximum atomic E-state index is 10.7. The number of hydrogen-bond acceptors (Lipinski definition) is 2. The predicted octanol–water partition coefficient (Wildman–Crippen LogP) is 2.24. The van der Waals surface area contributed by atoms with E-state index in [1.54, 1.807) is 0 Å². The number of amides is 2. The van der Waals surface area contributed by atoms with Gasteiger partial charge >= 0.3 is 6.03 Å². The highest BCUT2D eigenvalue weighted by atomic mass is 16.2. The van der Waals surface area contributed by atoms with E-state index < -0.39 is 6.03 Å². The molecule has 0 heterocycles. The predicted molar refractivity (Wildman–Crippen MR) is 66.4 cm³/mol. The van der Waals surface area contributed by atoms with Crippen molar-refractivity contribution in [3.8, 4) is 0 Å². The average Bonchev–Trinajstić information content (AvgIpc) is 2.25. The third-order valence-electron chi connectivity index (χ3n) is 2.35. The Hall–Kier alpha value is -1.55. The van der Waals surface area contributed by atoms with E-state index in [2.05, 4.69) is 24.5 Å². The van der Waals surface area contributed by atoms with Crippen LogP contribution < -0.4 is 16.4 Å². The second-order valence-corrected chi connectivity index (χ2v) is 3.79. The summed E-state index contributed by atoms with van der Waals surface area (Å²) in [6.45, 7) is 5.21. The number of urea groups is 1. The minimum Gasteiger partial charge on any atom is -0.351 e. The van der Waals surface area contributed by atoms with E-state index in [1.165, 1.54) is 0 Å². The first-order valence-electron chi connectivity index (χ1n) is 5.53. The van der Waals surface area contributed by atoms with Crippen molar-refractivity contribution in [1.82, 2.24) is 5.32 Å². The van der Waals surface area contributed by atoms with Gasteiger partial charge in [0.25, 0.3) is 0 Å². The van der Waals surface area contributed by atoms with Gasteiger partial charge in [-0.15, -0.1) is 0 Å². The molecule has 1 aromatic carbocycles. The van der Waals surface area contributed by atoms with Gasteiger partial charge in [-0.2, -0.15) is 0 Å². The Bertz CT molecular complexity index is 352. The SMILES string of the molecule is CCCNC(C)c1cccc(NC(N)=O)c1. The van der Waals surface area contributed by atoms with Crippen molar-refractivity contribution in [2.24, 2.45) is 5.73 Å². The van der Waals surface area contributed by atoms with Crippen molar-refractivity contribution in [3.63, 3.8) is 0 Å². The molecule has 4 nitrogen and oxygen atoms in total. The summed E-state index contributed by atoms with van der Waals surface area (Å²) >= 11 is 0. The first kappa shape index (κ1) is 12.5. The molecule has 4 N–H and O–H groups in total. The standard InChI is InChI=1S/C12H19N3O/c1-3-7-14-9(2)10-5-4-6-11(8-10)15-12(13)16/h4-6,8-9,14H,3,7H2,1-2H3,(H3,13,15,16). The monoisotopic (exact) mass is 221 g/mol. The van der Waals surface area contributed by atoms with Crippen LogP contribution in [0.5, 0.6) is 0 Å². The summed E-state index contributed by atoms with van der Waals surface area (Å²) in [5.74, 6) is 0. The second-order valence-electron chi connectivity index (χ2n) is 3.79. The molecule has 1 rings (SSSR count). The van der Waals surface area contributed by atoms with Crippen LogP contribution in [0.25, 0.3) is 0 Å². The Morgan fingerprint density at radius 2 is 2.25 bits per heavy atom. The van der Waals surface area contributed by atoms with Crippen molar-refractivity contribution in [2.45, 2.75) is 26.3 Å². The molecule has 4 heteroatoms. The number of primary amides is 1. The molecule has 0 aromatic heterocycles. The molecule has 0 fully saturated rings. The molecule has 0 aliphatic rings. The van der Waals surface area contributed by atoms with Crippen LogP contribution in [0.15, 0.2) is 24.3 Å². The van der Waals surface area contributed by atoms with E-state index in [-0.39, 0.29) is 6.04 Å². The lowest BCUT2D eigenvalue weighted by molar-refractivity contribution is 0.259. The third kappa shape index (κ3) is 3.90. The van der Waals surface area contributed by atoms with E-state index in [0.29, 0.717) is 0 Å². The van der Waals surface area contributed by atoms with Crippen LogP contribution in [0.3, 0.4) is 0 Å². The second kappa shape index (κ2) is 6.12. The number of benzene rings is 1. The Kier molecular flexibility index (Phi) is 4.79. The normalized spacial score (nSPS) is 12.1. The minimum atomic E-state index is -0.536. The molecular formula is C12H19N3O. The van der Waals surface area contributed by atoms with Gasteiger partial charge < -0.3 is 16.4 Å². The highest BCUT2D eigenvalue weighted by Crippen LogP contribution is 2.17. The van der Waals surface area contributed by atoms with Crippen molar-refractivity contribution in [1.29, 1.82) is 0 Å². The van der Waals surface area contributed by atoms with E-state index in [9.17, 15) is 4.79 Å². The Labute approximate surface area is 96.2 Å². The molecule has 1 unspecified atom stereocenters. The molecule has 0 radical (unpaired) electrons. The number of nitrogens with one attached hydrogen (secondary N) is 2. The minimum absolute atomic E-state index is 0.273. The molecule has 1 aromatic rings. The maximum absolute atomic E-state index is 10.7. The van der Waals surface area contributed by atoms with Crippen LogP contribution in [0.1, 0.15) is 31.9 Å². The third-order valence-corrected chi connectivity index (χ3v) is 2.35. The van der Waals surface area contributed by atoms with Gasteiger partial charge in [0, 0.05) is 11.7 Å². The molecular weight excluding hydrogens is 202 g/mol. The zero-order chi connectivity index (χ0) is 12.0. The molecule has 0 bridgehead atoms. The van der Waals surface area contributed by atoms with Crippen LogP contribution in [0.4, 0.5) is 10.5 Å². The molecule has 0 aliphatic carbocycles. The number of carbonyl (C=O) groups excluding carboxylic acids is 1. The van der Waals surface area contributed by atoms with Crippen LogP contribution in [-0.2, 0) is 0 Å². The first-order chi connectivity index (χ1) is 7.63. The molecule has 1 atom stereocenters. The Balaban J connectivity index is 2.69. The van der Waals surface area contributed by atoms with Crippen LogP contribution in [0, 0.1) is 0 Å². The summed E-state index contributed by atoms with van der Waals surface area (Å²) in [7, 11) is 0. The number of carbonyl (C=O) groups is 1. The fourth-order valence-electron chi connectivity index (χ4n) is 1.51.